The molecule has 130 valence electrons. The standard InChI is InChI=1S/C14H18ClIN6O2/c15-12-2-1-10-13(19-12)22(9-3-5-24-6-4-9)11(7-18-20-17)14(23)21(10)8-16/h1-2,9,11,13,19H,3-8H2/t11-,13?/m1/s1. The number of carbonyl (C=O) groups is 1. The summed E-state index contributed by atoms with van der Waals surface area (Å²) in [5, 5.41) is 7.48. The monoisotopic (exact) mass is 464 g/mol. The van der Waals surface area contributed by atoms with Crippen LogP contribution in [0.2, 0.25) is 0 Å². The normalized spacial score (nSPS) is 28.4. The number of dihydropyridines is 1. The number of nitrogens with zero attached hydrogens (tertiary/aromatic N) is 5. The molecule has 1 amide bonds. The number of ether oxygens (including phenoxy) is 1. The minimum absolute atomic E-state index is 0.0426. The molecule has 3 aliphatic heterocycles. The molecule has 0 aromatic heterocycles. The molecular weight excluding hydrogens is 447 g/mol. The molecule has 10 heteroatoms. The van der Waals surface area contributed by atoms with Crippen LogP contribution in [0.3, 0.4) is 0 Å². The minimum atomic E-state index is -0.504. The van der Waals surface area contributed by atoms with E-state index >= 15 is 0 Å². The molecule has 24 heavy (non-hydrogen) atoms. The Hall–Kier alpha value is -1.00. The highest BCUT2D eigenvalue weighted by Gasteiger charge is 2.47. The third kappa shape index (κ3) is 3.36. The first-order valence-electron chi connectivity index (χ1n) is 7.74. The molecular formula is C14H18ClIN6O2. The smallest absolute Gasteiger partial charge is 0.245 e. The van der Waals surface area contributed by atoms with Gasteiger partial charge in [-0.1, -0.05) is 39.3 Å². The van der Waals surface area contributed by atoms with Crippen molar-refractivity contribution < 1.29 is 9.53 Å². The van der Waals surface area contributed by atoms with Crippen LogP contribution in [0.15, 0.2) is 28.1 Å². The fourth-order valence-electron chi connectivity index (χ4n) is 3.44. The Morgan fingerprint density at radius 3 is 2.88 bits per heavy atom. The molecule has 1 N–H and O–H groups in total. The maximum absolute atomic E-state index is 13.0. The number of amides is 1. The maximum Gasteiger partial charge on any atom is 0.245 e. The maximum atomic E-state index is 13.0. The lowest BCUT2D eigenvalue weighted by atomic mass is 9.97. The van der Waals surface area contributed by atoms with Gasteiger partial charge in [0.25, 0.3) is 0 Å². The largest absolute Gasteiger partial charge is 0.381 e. The highest BCUT2D eigenvalue weighted by molar-refractivity contribution is 14.1. The van der Waals surface area contributed by atoms with Crippen LogP contribution in [-0.2, 0) is 9.53 Å². The number of alkyl halides is 1. The van der Waals surface area contributed by atoms with Crippen LogP contribution in [-0.4, -0.2) is 58.3 Å². The highest BCUT2D eigenvalue weighted by Crippen LogP contribution is 2.33. The zero-order valence-electron chi connectivity index (χ0n) is 12.9. The van der Waals surface area contributed by atoms with Crippen molar-refractivity contribution in [2.24, 2.45) is 5.11 Å². The van der Waals surface area contributed by atoms with E-state index < -0.39 is 6.04 Å². The van der Waals surface area contributed by atoms with E-state index in [1.165, 1.54) is 0 Å². The van der Waals surface area contributed by atoms with Crippen LogP contribution < -0.4 is 5.32 Å². The van der Waals surface area contributed by atoms with E-state index in [-0.39, 0.29) is 24.7 Å². The van der Waals surface area contributed by atoms with Crippen molar-refractivity contribution in [3.05, 3.63) is 33.4 Å². The minimum Gasteiger partial charge on any atom is -0.381 e. The van der Waals surface area contributed by atoms with Gasteiger partial charge in [-0.2, -0.15) is 0 Å². The van der Waals surface area contributed by atoms with Crippen LogP contribution in [0, 0.1) is 0 Å². The number of azide groups is 1. The highest BCUT2D eigenvalue weighted by atomic mass is 127. The molecule has 3 heterocycles. The molecule has 3 rings (SSSR count). The van der Waals surface area contributed by atoms with Crippen LogP contribution in [0.1, 0.15) is 12.8 Å². The topological polar surface area (TPSA) is 93.6 Å². The summed E-state index contributed by atoms with van der Waals surface area (Å²) in [7, 11) is 0. The second-order valence-corrected chi connectivity index (χ2v) is 6.85. The van der Waals surface area contributed by atoms with E-state index in [2.05, 4.69) is 42.8 Å². The molecule has 0 aromatic rings. The fourth-order valence-corrected chi connectivity index (χ4v) is 4.34. The lowest BCUT2D eigenvalue weighted by Gasteiger charge is -2.51. The van der Waals surface area contributed by atoms with Gasteiger partial charge in [0.15, 0.2) is 0 Å². The Labute approximate surface area is 158 Å². The molecule has 8 nitrogen and oxygen atoms in total. The Bertz CT molecular complexity index is 610. The van der Waals surface area contributed by atoms with E-state index in [0.29, 0.717) is 22.9 Å². The molecule has 1 unspecified atom stereocenters. The van der Waals surface area contributed by atoms with Crippen LogP contribution in [0.25, 0.3) is 10.4 Å². The van der Waals surface area contributed by atoms with Crippen molar-refractivity contribution >= 4 is 40.1 Å². The second-order valence-electron chi connectivity index (χ2n) is 5.76. The Morgan fingerprint density at radius 1 is 1.46 bits per heavy atom. The van der Waals surface area contributed by atoms with E-state index in [1.807, 2.05) is 6.08 Å². The number of rotatable bonds is 4. The number of fused-ring (bicyclic) bond motifs is 1. The van der Waals surface area contributed by atoms with Gasteiger partial charge in [-0.3, -0.25) is 9.69 Å². The van der Waals surface area contributed by atoms with Gasteiger partial charge >= 0.3 is 0 Å². The Morgan fingerprint density at radius 2 is 2.21 bits per heavy atom. The van der Waals surface area contributed by atoms with Crippen molar-refractivity contribution in [3.63, 3.8) is 0 Å². The summed E-state index contributed by atoms with van der Waals surface area (Å²) < 4.78 is 5.98. The van der Waals surface area contributed by atoms with E-state index in [4.69, 9.17) is 21.9 Å². The number of nitrogens with one attached hydrogen (secondary N) is 1. The summed E-state index contributed by atoms with van der Waals surface area (Å²) >= 11 is 8.35. The lowest BCUT2D eigenvalue weighted by Crippen LogP contribution is -2.68. The van der Waals surface area contributed by atoms with Crippen molar-refractivity contribution in [2.45, 2.75) is 31.1 Å². The van der Waals surface area contributed by atoms with Crippen molar-refractivity contribution in [1.29, 1.82) is 0 Å². The number of piperazine rings is 1. The first-order chi connectivity index (χ1) is 11.7. The van der Waals surface area contributed by atoms with Gasteiger partial charge in [0.2, 0.25) is 5.91 Å². The summed E-state index contributed by atoms with van der Waals surface area (Å²) in [6, 6.07) is -0.336. The van der Waals surface area contributed by atoms with E-state index in [1.54, 1.807) is 11.0 Å². The van der Waals surface area contributed by atoms with Crippen LogP contribution in [0.5, 0.6) is 0 Å². The van der Waals surface area contributed by atoms with Gasteiger partial charge in [0.05, 0.1) is 22.8 Å². The number of carbonyl (C=O) groups excluding carboxylic acids is 1. The summed E-state index contributed by atoms with van der Waals surface area (Å²) in [6.07, 6.45) is 5.09. The third-order valence-corrected chi connectivity index (χ3v) is 5.44. The molecule has 0 spiro atoms. The summed E-state index contributed by atoms with van der Waals surface area (Å²) in [5.41, 5.74) is 9.59. The second kappa shape index (κ2) is 7.92. The molecule has 0 saturated carbocycles. The van der Waals surface area contributed by atoms with Gasteiger partial charge in [0, 0.05) is 24.2 Å². The van der Waals surface area contributed by atoms with Crippen LogP contribution in [0.4, 0.5) is 0 Å². The van der Waals surface area contributed by atoms with Gasteiger partial charge in [-0.05, 0) is 30.5 Å². The van der Waals surface area contributed by atoms with E-state index in [0.717, 1.165) is 18.5 Å². The lowest BCUT2D eigenvalue weighted by molar-refractivity contribution is -0.143. The molecule has 0 aromatic carbocycles. The molecule has 2 atom stereocenters. The summed E-state index contributed by atoms with van der Waals surface area (Å²) in [4.78, 5) is 19.7. The average molecular weight is 465 g/mol. The zero-order chi connectivity index (χ0) is 17.1. The predicted molar refractivity (Wildman–Crippen MR) is 98.2 cm³/mol. The molecule has 0 bridgehead atoms. The SMILES string of the molecule is [N-]=[N+]=NC[C@@H]1C(=O)N(CI)C2=CC=C(Cl)NC2N1C1CCOCC1. The quantitative estimate of drug-likeness (QED) is 0.172. The third-order valence-electron chi connectivity index (χ3n) is 4.53. The number of allylic oxidation sites excluding steroid dienone is 2. The summed E-state index contributed by atoms with van der Waals surface area (Å²) in [6.45, 7) is 1.43. The number of hydrogen-bond donors (Lipinski definition) is 1. The summed E-state index contributed by atoms with van der Waals surface area (Å²) in [5.74, 6) is -0.0426. The Balaban J connectivity index is 1.99. The van der Waals surface area contributed by atoms with Gasteiger partial charge in [-0.15, -0.1) is 0 Å². The van der Waals surface area contributed by atoms with E-state index in [9.17, 15) is 4.79 Å². The first kappa shape index (κ1) is 17.8. The van der Waals surface area contributed by atoms with Crippen molar-refractivity contribution in [3.8, 4) is 0 Å². The number of hydrogen-bond acceptors (Lipinski definition) is 5. The molecule has 0 aliphatic carbocycles. The van der Waals surface area contributed by atoms with Gasteiger partial charge in [-0.25, -0.2) is 0 Å². The molecule has 2 saturated heterocycles. The zero-order valence-corrected chi connectivity index (χ0v) is 15.9. The van der Waals surface area contributed by atoms with Gasteiger partial charge < -0.3 is 15.0 Å². The van der Waals surface area contributed by atoms with Crippen LogP contribution >= 0.6 is 34.2 Å². The van der Waals surface area contributed by atoms with Gasteiger partial charge in [0.1, 0.15) is 11.3 Å². The molecule has 3 aliphatic rings. The number of halogens is 2. The average Bonchev–Trinajstić information content (AvgIpc) is 2.60. The first-order valence-corrected chi connectivity index (χ1v) is 9.65. The molecule has 0 radical (unpaired) electrons. The van der Waals surface area contributed by atoms with Crippen molar-refractivity contribution in [1.82, 2.24) is 15.1 Å². The Kier molecular flexibility index (Phi) is 5.88. The van der Waals surface area contributed by atoms with Crippen molar-refractivity contribution in [2.75, 3.05) is 24.3 Å². The molecule has 2 fully saturated rings. The fraction of sp³-hybridized carbons (Fsp3) is 0.643. The predicted octanol–water partition coefficient (Wildman–Crippen LogP) is 2.27.